The first-order valence-corrected chi connectivity index (χ1v) is 12.0. The van der Waals surface area contributed by atoms with Crippen LogP contribution in [-0.4, -0.2) is 45.3 Å². The smallest absolute Gasteiger partial charge is 0.416 e. The van der Waals surface area contributed by atoms with E-state index in [1.807, 2.05) is 37.3 Å². The van der Waals surface area contributed by atoms with Gasteiger partial charge in [0.05, 0.1) is 18.3 Å². The number of aromatic nitrogens is 1. The number of phenols is 1. The third kappa shape index (κ3) is 6.70. The Hall–Kier alpha value is -4.79. The van der Waals surface area contributed by atoms with Gasteiger partial charge in [-0.3, -0.25) is 9.69 Å². The summed E-state index contributed by atoms with van der Waals surface area (Å²) in [5, 5.41) is 18.7. The minimum atomic E-state index is -1.17. The van der Waals surface area contributed by atoms with Crippen molar-refractivity contribution in [3.8, 4) is 28.7 Å². The number of aryl methyl sites for hydroxylation is 1. The number of hydrogen-bond donors (Lipinski definition) is 2. The van der Waals surface area contributed by atoms with Crippen LogP contribution in [0, 0.1) is 6.92 Å². The third-order valence-electron chi connectivity index (χ3n) is 5.93. The molecular weight excluding hydrogens is 488 g/mol. The lowest BCUT2D eigenvalue weighted by Crippen LogP contribution is -2.39. The maximum atomic E-state index is 12.8. The van der Waals surface area contributed by atoms with Crippen LogP contribution in [0.15, 0.2) is 83.3 Å². The number of carboxylic acid groups (broad SMARTS) is 1. The summed E-state index contributed by atoms with van der Waals surface area (Å²) < 4.78 is 17.0. The maximum absolute atomic E-state index is 12.8. The van der Waals surface area contributed by atoms with Crippen molar-refractivity contribution in [2.45, 2.75) is 26.3 Å². The Morgan fingerprint density at radius 3 is 2.29 bits per heavy atom. The van der Waals surface area contributed by atoms with Gasteiger partial charge in [0.25, 0.3) is 0 Å². The molecule has 38 heavy (non-hydrogen) atoms. The highest BCUT2D eigenvalue weighted by molar-refractivity contribution is 5.78. The largest absolute Gasteiger partial charge is 0.508 e. The van der Waals surface area contributed by atoms with E-state index in [1.54, 1.807) is 31.2 Å². The van der Waals surface area contributed by atoms with Gasteiger partial charge in [0.1, 0.15) is 29.6 Å². The van der Waals surface area contributed by atoms with Gasteiger partial charge < -0.3 is 24.1 Å². The van der Waals surface area contributed by atoms with Gasteiger partial charge >= 0.3 is 12.1 Å². The zero-order chi connectivity index (χ0) is 27.1. The number of nitrogens with zero attached hydrogens (tertiary/aromatic N) is 2. The second-order valence-corrected chi connectivity index (χ2v) is 8.61. The molecule has 1 amide bonds. The SMILES string of the molecule is Cc1oc(-c2ccccc2)nc1CCOc1ccc([C@H](C)N(CC(=O)O)C(=O)Oc2ccc(O)cc2)cc1. The number of hydrogen-bond acceptors (Lipinski definition) is 7. The Morgan fingerprint density at radius 1 is 0.974 bits per heavy atom. The van der Waals surface area contributed by atoms with Gasteiger partial charge in [-0.1, -0.05) is 30.3 Å². The maximum Gasteiger partial charge on any atom is 0.416 e. The van der Waals surface area contributed by atoms with Crippen molar-refractivity contribution >= 4 is 12.1 Å². The highest BCUT2D eigenvalue weighted by Gasteiger charge is 2.26. The Labute approximate surface area is 219 Å². The zero-order valence-corrected chi connectivity index (χ0v) is 21.0. The lowest BCUT2D eigenvalue weighted by atomic mass is 10.1. The Morgan fingerprint density at radius 2 is 1.63 bits per heavy atom. The Kier molecular flexibility index (Phi) is 8.27. The van der Waals surface area contributed by atoms with Gasteiger partial charge in [-0.05, 0) is 67.9 Å². The first-order valence-electron chi connectivity index (χ1n) is 12.0. The average molecular weight is 517 g/mol. The van der Waals surface area contributed by atoms with Crippen LogP contribution >= 0.6 is 0 Å². The van der Waals surface area contributed by atoms with Gasteiger partial charge in [0.2, 0.25) is 5.89 Å². The number of benzene rings is 3. The van der Waals surface area contributed by atoms with Crippen molar-refractivity contribution in [2.24, 2.45) is 0 Å². The quantitative estimate of drug-likeness (QED) is 0.278. The summed E-state index contributed by atoms with van der Waals surface area (Å²) in [6.45, 7) is 3.44. The average Bonchev–Trinajstić information content (AvgIpc) is 3.29. The molecule has 3 aromatic carbocycles. The molecule has 2 N–H and O–H groups in total. The van der Waals surface area contributed by atoms with Crippen LogP contribution in [0.1, 0.15) is 30.0 Å². The standard InChI is InChI=1S/C29H28N2O7/c1-19(31(18-27(33)34)29(35)38-25-14-10-23(32)11-15-25)21-8-12-24(13-9-21)36-17-16-26-20(2)37-28(30-26)22-6-4-3-5-7-22/h3-15,19,32H,16-18H2,1-2H3,(H,33,34)/t19-/m0/s1. The van der Waals surface area contributed by atoms with Crippen LogP contribution in [0.3, 0.4) is 0 Å². The lowest BCUT2D eigenvalue weighted by molar-refractivity contribution is -0.138. The molecule has 196 valence electrons. The van der Waals surface area contributed by atoms with Gasteiger partial charge in [-0.2, -0.15) is 0 Å². The van der Waals surface area contributed by atoms with Crippen molar-refractivity contribution in [3.05, 3.63) is 95.9 Å². The van der Waals surface area contributed by atoms with Gasteiger partial charge in [-0.15, -0.1) is 0 Å². The van der Waals surface area contributed by atoms with Crippen LogP contribution in [0.4, 0.5) is 4.79 Å². The van der Waals surface area contributed by atoms with E-state index < -0.39 is 24.6 Å². The third-order valence-corrected chi connectivity index (χ3v) is 5.93. The second-order valence-electron chi connectivity index (χ2n) is 8.61. The van der Waals surface area contributed by atoms with E-state index in [-0.39, 0.29) is 11.5 Å². The fourth-order valence-corrected chi connectivity index (χ4v) is 3.83. The number of ether oxygens (including phenoxy) is 2. The summed E-state index contributed by atoms with van der Waals surface area (Å²) >= 11 is 0. The van der Waals surface area contributed by atoms with Crippen molar-refractivity contribution < 1.29 is 33.7 Å². The van der Waals surface area contributed by atoms with Crippen molar-refractivity contribution in [1.82, 2.24) is 9.88 Å². The highest BCUT2D eigenvalue weighted by atomic mass is 16.6. The van der Waals surface area contributed by atoms with Crippen LogP contribution < -0.4 is 9.47 Å². The molecule has 0 saturated carbocycles. The van der Waals surface area contributed by atoms with E-state index in [0.717, 1.165) is 21.9 Å². The van der Waals surface area contributed by atoms with E-state index in [4.69, 9.17) is 13.9 Å². The molecule has 0 saturated heterocycles. The molecule has 0 bridgehead atoms. The summed E-state index contributed by atoms with van der Waals surface area (Å²) in [6, 6.07) is 21.8. The van der Waals surface area contributed by atoms with Gasteiger partial charge in [-0.25, -0.2) is 9.78 Å². The molecule has 0 radical (unpaired) electrons. The molecule has 9 nitrogen and oxygen atoms in total. The number of rotatable bonds is 10. The monoisotopic (exact) mass is 516 g/mol. The fourth-order valence-electron chi connectivity index (χ4n) is 3.83. The second kappa shape index (κ2) is 12.0. The molecule has 0 aliphatic heterocycles. The Bertz CT molecular complexity index is 1370. The first-order chi connectivity index (χ1) is 18.3. The summed E-state index contributed by atoms with van der Waals surface area (Å²) in [7, 11) is 0. The zero-order valence-electron chi connectivity index (χ0n) is 21.0. The van der Waals surface area contributed by atoms with Crippen LogP contribution in [0.2, 0.25) is 0 Å². The molecule has 0 aliphatic rings. The molecule has 0 unspecified atom stereocenters. The molecule has 1 heterocycles. The number of aromatic hydroxyl groups is 1. The minimum absolute atomic E-state index is 0.0240. The number of carboxylic acids is 1. The summed E-state index contributed by atoms with van der Waals surface area (Å²) in [4.78, 5) is 29.9. The van der Waals surface area contributed by atoms with Crippen molar-refractivity contribution in [2.75, 3.05) is 13.2 Å². The number of aliphatic carboxylic acids is 1. The first kappa shape index (κ1) is 26.3. The van der Waals surface area contributed by atoms with E-state index in [9.17, 15) is 19.8 Å². The van der Waals surface area contributed by atoms with Gasteiger partial charge in [0.15, 0.2) is 0 Å². The molecule has 0 fully saturated rings. The van der Waals surface area contributed by atoms with Crippen LogP contribution in [0.5, 0.6) is 17.2 Å². The molecule has 4 rings (SSSR count). The summed E-state index contributed by atoms with van der Waals surface area (Å²) in [5.74, 6) is 0.994. The van der Waals surface area contributed by atoms with E-state index in [2.05, 4.69) is 4.98 Å². The lowest BCUT2D eigenvalue weighted by Gasteiger charge is -2.27. The number of carbonyl (C=O) groups excluding carboxylic acids is 1. The number of oxazole rings is 1. The van der Waals surface area contributed by atoms with Gasteiger partial charge in [0, 0.05) is 12.0 Å². The van der Waals surface area contributed by atoms with E-state index in [1.165, 1.54) is 24.3 Å². The summed E-state index contributed by atoms with van der Waals surface area (Å²) in [5.41, 5.74) is 2.45. The molecule has 1 atom stereocenters. The topological polar surface area (TPSA) is 122 Å². The molecule has 0 aliphatic carbocycles. The molecular formula is C29H28N2O7. The number of amides is 1. The molecule has 4 aromatic rings. The molecule has 9 heteroatoms. The fraction of sp³-hybridized carbons (Fsp3) is 0.207. The van der Waals surface area contributed by atoms with Crippen LogP contribution in [0.25, 0.3) is 11.5 Å². The molecule has 0 spiro atoms. The van der Waals surface area contributed by atoms with E-state index >= 15 is 0 Å². The van der Waals surface area contributed by atoms with Crippen molar-refractivity contribution in [3.63, 3.8) is 0 Å². The molecule has 1 aromatic heterocycles. The highest BCUT2D eigenvalue weighted by Crippen LogP contribution is 2.26. The number of carbonyl (C=O) groups is 2. The number of phenolic OH excluding ortho intramolecular Hbond substituents is 1. The van der Waals surface area contributed by atoms with E-state index in [0.29, 0.717) is 30.2 Å². The predicted molar refractivity (Wildman–Crippen MR) is 139 cm³/mol. The van der Waals surface area contributed by atoms with Crippen LogP contribution in [-0.2, 0) is 11.2 Å². The minimum Gasteiger partial charge on any atom is -0.508 e. The predicted octanol–water partition coefficient (Wildman–Crippen LogP) is 5.62. The Balaban J connectivity index is 1.36. The van der Waals surface area contributed by atoms with Crippen molar-refractivity contribution in [1.29, 1.82) is 0 Å². The normalized spacial score (nSPS) is 11.5. The summed E-state index contributed by atoms with van der Waals surface area (Å²) in [6.07, 6.45) is -0.251.